The van der Waals surface area contributed by atoms with Crippen LogP contribution in [-0.4, -0.2) is 73.2 Å². The molecule has 0 spiro atoms. The van der Waals surface area contributed by atoms with Crippen molar-refractivity contribution in [1.82, 2.24) is 10.2 Å². The van der Waals surface area contributed by atoms with Crippen molar-refractivity contribution in [3.05, 3.63) is 71.3 Å². The van der Waals surface area contributed by atoms with Crippen LogP contribution < -0.4 is 11.1 Å². The van der Waals surface area contributed by atoms with Crippen LogP contribution in [0.2, 0.25) is 0 Å². The SMILES string of the molecule is CC1(C)OB([C@H](CCCc2ccccc2)NC(=O)[C@H](CC(=O)N2CCOCC2)c2ccccc2C(N)=O)OC1(C)C. The van der Waals surface area contributed by atoms with Crippen molar-refractivity contribution in [3.63, 3.8) is 0 Å². The third kappa shape index (κ3) is 7.55. The lowest BCUT2D eigenvalue weighted by atomic mass is 9.74. The second-order valence-corrected chi connectivity index (χ2v) is 11.8. The summed E-state index contributed by atoms with van der Waals surface area (Å²) in [6.07, 6.45) is 2.11. The molecule has 0 saturated carbocycles. The smallest absolute Gasteiger partial charge is 0.402 e. The Hall–Kier alpha value is -3.21. The molecule has 2 fully saturated rings. The van der Waals surface area contributed by atoms with Crippen LogP contribution in [0.15, 0.2) is 54.6 Å². The average Bonchev–Trinajstić information content (AvgIpc) is 3.18. The van der Waals surface area contributed by atoms with Crippen LogP contribution in [0.4, 0.5) is 0 Å². The number of hydrogen-bond acceptors (Lipinski definition) is 6. The fourth-order valence-corrected chi connectivity index (χ4v) is 5.27. The first-order valence-corrected chi connectivity index (χ1v) is 14.4. The second kappa shape index (κ2) is 13.2. The summed E-state index contributed by atoms with van der Waals surface area (Å²) in [6, 6.07) is 16.9. The Morgan fingerprint density at radius 2 is 1.56 bits per heavy atom. The fraction of sp³-hybridized carbons (Fsp3) is 0.516. The Morgan fingerprint density at radius 1 is 0.951 bits per heavy atom. The third-order valence-electron chi connectivity index (χ3n) is 8.41. The van der Waals surface area contributed by atoms with Gasteiger partial charge >= 0.3 is 7.12 Å². The summed E-state index contributed by atoms with van der Waals surface area (Å²) in [5, 5.41) is 3.16. The molecule has 0 unspecified atom stereocenters. The monoisotopic (exact) mass is 563 g/mol. The number of nitrogens with zero attached hydrogens (tertiary/aromatic N) is 1. The van der Waals surface area contributed by atoms with Crippen LogP contribution in [0.5, 0.6) is 0 Å². The normalized spacial score (nSPS) is 19.4. The number of primary amides is 1. The summed E-state index contributed by atoms with van der Waals surface area (Å²) in [4.78, 5) is 41.4. The van der Waals surface area contributed by atoms with E-state index in [1.54, 1.807) is 29.2 Å². The highest BCUT2D eigenvalue weighted by Gasteiger charge is 2.54. The molecule has 3 amide bonds. The zero-order valence-corrected chi connectivity index (χ0v) is 24.6. The van der Waals surface area contributed by atoms with E-state index in [0.717, 1.165) is 12.8 Å². The van der Waals surface area contributed by atoms with E-state index in [4.69, 9.17) is 19.8 Å². The average molecular weight is 564 g/mol. The van der Waals surface area contributed by atoms with Gasteiger partial charge in [-0.3, -0.25) is 14.4 Å². The molecule has 2 aliphatic rings. The van der Waals surface area contributed by atoms with Crippen LogP contribution in [0.25, 0.3) is 0 Å². The number of rotatable bonds is 11. The molecule has 0 aliphatic carbocycles. The highest BCUT2D eigenvalue weighted by atomic mass is 16.7. The number of ether oxygens (including phenoxy) is 1. The van der Waals surface area contributed by atoms with E-state index >= 15 is 0 Å². The van der Waals surface area contributed by atoms with Gasteiger partial charge in [-0.15, -0.1) is 0 Å². The van der Waals surface area contributed by atoms with Gasteiger partial charge in [-0.25, -0.2) is 0 Å². The summed E-state index contributed by atoms with van der Waals surface area (Å²) in [5.41, 5.74) is 6.38. The number of nitrogens with two attached hydrogens (primary N) is 1. The maximum absolute atomic E-state index is 14.1. The van der Waals surface area contributed by atoms with E-state index in [1.807, 2.05) is 45.9 Å². The summed E-state index contributed by atoms with van der Waals surface area (Å²) in [5.74, 6) is -2.60. The molecule has 9 nitrogen and oxygen atoms in total. The number of hydrogen-bond donors (Lipinski definition) is 2. The van der Waals surface area contributed by atoms with Crippen molar-refractivity contribution in [2.75, 3.05) is 26.3 Å². The Morgan fingerprint density at radius 3 is 2.20 bits per heavy atom. The van der Waals surface area contributed by atoms with Crippen LogP contribution in [0.3, 0.4) is 0 Å². The molecular weight excluding hydrogens is 521 g/mol. The van der Waals surface area contributed by atoms with E-state index in [0.29, 0.717) is 38.3 Å². The quantitative estimate of drug-likeness (QED) is 0.405. The van der Waals surface area contributed by atoms with Gasteiger partial charge in [0, 0.05) is 25.1 Å². The minimum absolute atomic E-state index is 0.101. The second-order valence-electron chi connectivity index (χ2n) is 11.8. The van der Waals surface area contributed by atoms with Gasteiger partial charge in [-0.1, -0.05) is 48.5 Å². The number of carbonyl (C=O) groups excluding carboxylic acids is 3. The minimum Gasteiger partial charge on any atom is -0.402 e. The Kier molecular flexibility index (Phi) is 9.89. The highest BCUT2D eigenvalue weighted by molar-refractivity contribution is 6.48. The van der Waals surface area contributed by atoms with E-state index < -0.39 is 36.1 Å². The van der Waals surface area contributed by atoms with Crippen molar-refractivity contribution < 1.29 is 28.4 Å². The van der Waals surface area contributed by atoms with Gasteiger partial charge in [-0.05, 0) is 64.2 Å². The highest BCUT2D eigenvalue weighted by Crippen LogP contribution is 2.38. The molecular formula is C31H42BN3O6. The Labute approximate surface area is 243 Å². The van der Waals surface area contributed by atoms with Gasteiger partial charge in [0.2, 0.25) is 17.7 Å². The van der Waals surface area contributed by atoms with Gasteiger partial charge in [0.05, 0.1) is 36.3 Å². The summed E-state index contributed by atoms with van der Waals surface area (Å²) in [7, 11) is -0.679. The van der Waals surface area contributed by atoms with E-state index in [2.05, 4.69) is 17.4 Å². The number of aryl methyl sites for hydroxylation is 1. The van der Waals surface area contributed by atoms with Gasteiger partial charge in [0.15, 0.2) is 0 Å². The maximum Gasteiger partial charge on any atom is 0.481 e. The zero-order valence-electron chi connectivity index (χ0n) is 24.6. The van der Waals surface area contributed by atoms with E-state index in [1.165, 1.54) is 5.56 Å². The Bertz CT molecular complexity index is 1200. The molecule has 0 aromatic heterocycles. The number of nitrogens with one attached hydrogen (secondary N) is 1. The number of benzene rings is 2. The maximum atomic E-state index is 14.1. The van der Waals surface area contributed by atoms with E-state index in [9.17, 15) is 14.4 Å². The lowest BCUT2D eigenvalue weighted by Crippen LogP contribution is -2.50. The molecule has 4 rings (SSSR count). The van der Waals surface area contributed by atoms with Crippen LogP contribution in [-0.2, 0) is 30.1 Å². The lowest BCUT2D eigenvalue weighted by Gasteiger charge is -2.32. The van der Waals surface area contributed by atoms with Gasteiger partial charge < -0.3 is 30.0 Å². The van der Waals surface area contributed by atoms with Crippen LogP contribution >= 0.6 is 0 Å². The molecule has 0 radical (unpaired) electrons. The summed E-state index contributed by atoms with van der Waals surface area (Å²) >= 11 is 0. The predicted octanol–water partition coefficient (Wildman–Crippen LogP) is 3.26. The van der Waals surface area contributed by atoms with Crippen LogP contribution in [0.1, 0.15) is 74.4 Å². The van der Waals surface area contributed by atoms with Crippen molar-refractivity contribution in [1.29, 1.82) is 0 Å². The lowest BCUT2D eigenvalue weighted by molar-refractivity contribution is -0.138. The molecule has 0 bridgehead atoms. The summed E-state index contributed by atoms with van der Waals surface area (Å²) in [6.45, 7) is 9.72. The minimum atomic E-state index is -0.923. The first-order valence-electron chi connectivity index (χ1n) is 14.4. The third-order valence-corrected chi connectivity index (χ3v) is 8.41. The molecule has 41 heavy (non-hydrogen) atoms. The number of amides is 3. The van der Waals surface area contributed by atoms with Crippen molar-refractivity contribution in [2.45, 2.75) is 76.4 Å². The molecule has 2 saturated heterocycles. The van der Waals surface area contributed by atoms with Crippen molar-refractivity contribution in [3.8, 4) is 0 Å². The fourth-order valence-electron chi connectivity index (χ4n) is 5.27. The molecule has 2 atom stereocenters. The summed E-state index contributed by atoms with van der Waals surface area (Å²) < 4.78 is 18.1. The van der Waals surface area contributed by atoms with Gasteiger partial charge in [-0.2, -0.15) is 0 Å². The molecule has 2 aromatic carbocycles. The van der Waals surface area contributed by atoms with Crippen molar-refractivity contribution >= 4 is 24.8 Å². The number of carbonyl (C=O) groups is 3. The molecule has 2 aliphatic heterocycles. The van der Waals surface area contributed by atoms with Gasteiger partial charge in [0.1, 0.15) is 0 Å². The van der Waals surface area contributed by atoms with Gasteiger partial charge in [0.25, 0.3) is 0 Å². The van der Waals surface area contributed by atoms with Crippen LogP contribution in [0, 0.1) is 0 Å². The largest absolute Gasteiger partial charge is 0.481 e. The zero-order chi connectivity index (χ0) is 29.6. The number of morpholine rings is 1. The first kappa shape index (κ1) is 30.7. The molecule has 10 heteroatoms. The van der Waals surface area contributed by atoms with E-state index in [-0.39, 0.29) is 23.8 Å². The standard InChI is InChI=1S/C31H42BN3O6/c1-30(2)31(3,4)41-32(40-30)26(16-10-13-22-11-6-5-7-12-22)34-29(38)25(21-27(36)35-17-19-39-20-18-35)23-14-8-9-15-24(23)28(33)37/h5-9,11-12,14-15,25-26H,10,13,16-21H2,1-4H3,(H2,33,37)(H,34,38)/t25-,26+/m1/s1. The first-order chi connectivity index (χ1) is 19.5. The topological polar surface area (TPSA) is 120 Å². The van der Waals surface area contributed by atoms with Crippen molar-refractivity contribution in [2.24, 2.45) is 5.73 Å². The molecule has 220 valence electrons. The Balaban J connectivity index is 1.59. The molecule has 2 heterocycles. The molecule has 2 aromatic rings. The molecule has 3 N–H and O–H groups in total. The predicted molar refractivity (Wildman–Crippen MR) is 157 cm³/mol.